The van der Waals surface area contributed by atoms with E-state index in [-0.39, 0.29) is 17.6 Å². The number of rotatable bonds is 9. The largest absolute Gasteiger partial charge is 0.494 e. The van der Waals surface area contributed by atoms with Gasteiger partial charge in [0.15, 0.2) is 5.78 Å². The molecule has 1 amide bonds. The lowest BCUT2D eigenvalue weighted by Crippen LogP contribution is -2.51. The maximum Gasteiger partial charge on any atom is 0.244 e. The minimum atomic E-state index is -0.591. The van der Waals surface area contributed by atoms with Crippen LogP contribution in [0.25, 0.3) is 0 Å². The highest BCUT2D eigenvalue weighted by Crippen LogP contribution is 2.32. The molecule has 2 fully saturated rings. The smallest absolute Gasteiger partial charge is 0.244 e. The highest BCUT2D eigenvalue weighted by atomic mass is 16.5. The van der Waals surface area contributed by atoms with Crippen molar-refractivity contribution in [3.8, 4) is 5.75 Å². The first-order valence-corrected chi connectivity index (χ1v) is 11.2. The third-order valence-corrected chi connectivity index (χ3v) is 6.08. The predicted octanol–water partition coefficient (Wildman–Crippen LogP) is 2.89. The van der Waals surface area contributed by atoms with Gasteiger partial charge in [-0.15, -0.1) is 0 Å². The summed E-state index contributed by atoms with van der Waals surface area (Å²) < 4.78 is 5.83. The maximum atomic E-state index is 12.7. The van der Waals surface area contributed by atoms with Gasteiger partial charge >= 0.3 is 0 Å². The fraction of sp³-hybridized carbons (Fsp3) is 0.440. The number of carbonyl (C=O) groups is 2. The summed E-state index contributed by atoms with van der Waals surface area (Å²) in [6, 6.07) is 16.5. The second kappa shape index (κ2) is 10.1. The average molecular weight is 422 g/mol. The standard InChI is InChI=1S/C25H31N3O3/c26-23(19-5-2-1-3-6-19)25(30)28-16-14-27(15-17-28)13-4-18-31-22-11-9-21(10-12-22)24(29)20-7-8-20/h1-3,5-6,9-12,20,23H,4,7-8,13-18,26H2/t23-/m1/s1. The van der Waals surface area contributed by atoms with E-state index in [1.165, 1.54) is 0 Å². The van der Waals surface area contributed by atoms with Crippen molar-refractivity contribution >= 4 is 11.7 Å². The van der Waals surface area contributed by atoms with Crippen LogP contribution in [0.15, 0.2) is 54.6 Å². The van der Waals surface area contributed by atoms with E-state index < -0.39 is 6.04 Å². The molecule has 1 aliphatic carbocycles. The molecule has 0 aromatic heterocycles. The molecule has 1 aliphatic heterocycles. The Morgan fingerprint density at radius 2 is 1.65 bits per heavy atom. The van der Waals surface area contributed by atoms with E-state index in [0.717, 1.165) is 55.8 Å². The summed E-state index contributed by atoms with van der Waals surface area (Å²) in [5.74, 6) is 1.31. The van der Waals surface area contributed by atoms with Crippen LogP contribution in [0.3, 0.4) is 0 Å². The van der Waals surface area contributed by atoms with Crippen LogP contribution >= 0.6 is 0 Å². The van der Waals surface area contributed by atoms with E-state index in [4.69, 9.17) is 10.5 Å². The van der Waals surface area contributed by atoms with Crippen molar-refractivity contribution in [1.82, 2.24) is 9.80 Å². The Morgan fingerprint density at radius 3 is 2.29 bits per heavy atom. The Hall–Kier alpha value is -2.70. The number of carbonyl (C=O) groups excluding carboxylic acids is 2. The number of nitrogens with zero attached hydrogens (tertiary/aromatic N) is 2. The van der Waals surface area contributed by atoms with Crippen molar-refractivity contribution in [3.63, 3.8) is 0 Å². The van der Waals surface area contributed by atoms with Crippen molar-refractivity contribution in [2.45, 2.75) is 25.3 Å². The monoisotopic (exact) mass is 421 g/mol. The zero-order chi connectivity index (χ0) is 21.6. The molecular weight excluding hydrogens is 390 g/mol. The number of piperazine rings is 1. The SMILES string of the molecule is N[C@@H](C(=O)N1CCN(CCCOc2ccc(C(=O)C3CC3)cc2)CC1)c1ccccc1. The van der Waals surface area contributed by atoms with Crippen molar-refractivity contribution in [3.05, 3.63) is 65.7 Å². The number of amides is 1. The lowest BCUT2D eigenvalue weighted by molar-refractivity contribution is -0.134. The van der Waals surface area contributed by atoms with Crippen LogP contribution in [-0.4, -0.2) is 60.8 Å². The van der Waals surface area contributed by atoms with Crippen LogP contribution in [0.4, 0.5) is 0 Å². The van der Waals surface area contributed by atoms with E-state index in [2.05, 4.69) is 4.90 Å². The number of hydrogen-bond acceptors (Lipinski definition) is 5. The number of benzene rings is 2. The number of ether oxygens (including phenoxy) is 1. The van der Waals surface area contributed by atoms with Gasteiger partial charge in [0.2, 0.25) is 5.91 Å². The molecule has 4 rings (SSSR count). The van der Waals surface area contributed by atoms with Gasteiger partial charge in [-0.1, -0.05) is 30.3 Å². The Bertz CT molecular complexity index is 873. The van der Waals surface area contributed by atoms with Gasteiger partial charge in [-0.05, 0) is 49.1 Å². The van der Waals surface area contributed by atoms with Crippen LogP contribution in [0, 0.1) is 5.92 Å². The molecule has 164 valence electrons. The molecule has 2 aromatic rings. The number of nitrogens with two attached hydrogens (primary N) is 1. The van der Waals surface area contributed by atoms with E-state index in [1.807, 2.05) is 59.5 Å². The molecule has 1 saturated heterocycles. The predicted molar refractivity (Wildman–Crippen MR) is 120 cm³/mol. The Labute approximate surface area is 184 Å². The van der Waals surface area contributed by atoms with Crippen LogP contribution in [0.1, 0.15) is 41.2 Å². The van der Waals surface area contributed by atoms with E-state index >= 15 is 0 Å². The second-order valence-corrected chi connectivity index (χ2v) is 8.42. The molecule has 0 bridgehead atoms. The first-order chi connectivity index (χ1) is 15.1. The summed E-state index contributed by atoms with van der Waals surface area (Å²) in [6.45, 7) is 4.68. The van der Waals surface area contributed by atoms with Crippen molar-refractivity contribution in [1.29, 1.82) is 0 Å². The Balaban J connectivity index is 1.14. The lowest BCUT2D eigenvalue weighted by atomic mass is 10.1. The van der Waals surface area contributed by atoms with Gasteiger partial charge < -0.3 is 15.4 Å². The van der Waals surface area contributed by atoms with Crippen molar-refractivity contribution < 1.29 is 14.3 Å². The summed E-state index contributed by atoms with van der Waals surface area (Å²) in [5.41, 5.74) is 7.81. The van der Waals surface area contributed by atoms with E-state index in [1.54, 1.807) is 0 Å². The molecule has 1 atom stereocenters. The Kier molecular flexibility index (Phi) is 6.99. The molecular formula is C25H31N3O3. The second-order valence-electron chi connectivity index (χ2n) is 8.42. The van der Waals surface area contributed by atoms with Crippen molar-refractivity contribution in [2.24, 2.45) is 11.7 Å². The fourth-order valence-corrected chi connectivity index (χ4v) is 3.97. The highest BCUT2D eigenvalue weighted by Gasteiger charge is 2.30. The van der Waals surface area contributed by atoms with Gasteiger partial charge in [-0.3, -0.25) is 14.5 Å². The van der Waals surface area contributed by atoms with E-state index in [9.17, 15) is 9.59 Å². The van der Waals surface area contributed by atoms with Gasteiger partial charge in [-0.2, -0.15) is 0 Å². The molecule has 2 N–H and O–H groups in total. The molecule has 0 spiro atoms. The zero-order valence-corrected chi connectivity index (χ0v) is 17.9. The summed E-state index contributed by atoms with van der Waals surface area (Å²) >= 11 is 0. The molecule has 6 nitrogen and oxygen atoms in total. The topological polar surface area (TPSA) is 75.9 Å². The summed E-state index contributed by atoms with van der Waals surface area (Å²) in [7, 11) is 0. The third kappa shape index (κ3) is 5.71. The molecule has 2 aromatic carbocycles. The highest BCUT2D eigenvalue weighted by molar-refractivity contribution is 5.99. The van der Waals surface area contributed by atoms with Crippen molar-refractivity contribution in [2.75, 3.05) is 39.3 Å². The lowest BCUT2D eigenvalue weighted by Gasteiger charge is -2.36. The van der Waals surface area contributed by atoms with Crippen LogP contribution in [0.2, 0.25) is 0 Å². The molecule has 6 heteroatoms. The van der Waals surface area contributed by atoms with Gasteiger partial charge in [0.25, 0.3) is 0 Å². The summed E-state index contributed by atoms with van der Waals surface area (Å²) in [6.07, 6.45) is 2.97. The zero-order valence-electron chi connectivity index (χ0n) is 17.9. The van der Waals surface area contributed by atoms with Crippen LogP contribution < -0.4 is 10.5 Å². The Morgan fingerprint density at radius 1 is 0.968 bits per heavy atom. The van der Waals surface area contributed by atoms with Gasteiger partial charge in [0.05, 0.1) is 6.61 Å². The van der Waals surface area contributed by atoms with Gasteiger partial charge in [0, 0.05) is 44.2 Å². The fourth-order valence-electron chi connectivity index (χ4n) is 3.97. The summed E-state index contributed by atoms with van der Waals surface area (Å²) in [5, 5.41) is 0. The molecule has 2 aliphatic rings. The molecule has 1 heterocycles. The number of ketones is 1. The first kappa shape index (κ1) is 21.5. The average Bonchev–Trinajstić information content (AvgIpc) is 3.67. The minimum Gasteiger partial charge on any atom is -0.494 e. The van der Waals surface area contributed by atoms with E-state index in [0.29, 0.717) is 19.7 Å². The summed E-state index contributed by atoms with van der Waals surface area (Å²) in [4.78, 5) is 29.0. The van der Waals surface area contributed by atoms with Gasteiger partial charge in [-0.25, -0.2) is 0 Å². The molecule has 31 heavy (non-hydrogen) atoms. The first-order valence-electron chi connectivity index (χ1n) is 11.2. The van der Waals surface area contributed by atoms with Crippen LogP contribution in [-0.2, 0) is 4.79 Å². The molecule has 1 saturated carbocycles. The number of hydrogen-bond donors (Lipinski definition) is 1. The normalized spacial score (nSPS) is 17.9. The quantitative estimate of drug-likeness (QED) is 0.498. The maximum absolute atomic E-state index is 12.7. The third-order valence-electron chi connectivity index (χ3n) is 6.08. The van der Waals surface area contributed by atoms with Crippen LogP contribution in [0.5, 0.6) is 5.75 Å². The molecule has 0 unspecified atom stereocenters. The van der Waals surface area contributed by atoms with Gasteiger partial charge in [0.1, 0.15) is 11.8 Å². The molecule has 0 radical (unpaired) electrons. The number of Topliss-reactive ketones (excluding diaryl/α,β-unsaturated/α-hetero) is 1. The minimum absolute atomic E-state index is 0.00204.